The van der Waals surface area contributed by atoms with Crippen LogP contribution in [-0.2, 0) is 28.5 Å². The molecule has 0 saturated carbocycles. The van der Waals surface area contributed by atoms with Gasteiger partial charge in [0.1, 0.15) is 18.7 Å². The topological polar surface area (TPSA) is 112 Å². The minimum Gasteiger partial charge on any atom is -0.467 e. The molecule has 9 heteroatoms. The maximum atomic E-state index is 13.6. The van der Waals surface area contributed by atoms with E-state index in [1.807, 2.05) is 0 Å². The summed E-state index contributed by atoms with van der Waals surface area (Å²) in [4.78, 5) is 38.3. The summed E-state index contributed by atoms with van der Waals surface area (Å²) in [5.74, 6) is -3.60. The third kappa shape index (κ3) is 7.06. The fraction of sp³-hybridized carbons (Fsp3) is 0.522. The quantitative estimate of drug-likeness (QED) is 0.270. The first-order valence-electron chi connectivity index (χ1n) is 10.5. The second kappa shape index (κ2) is 13.5. The van der Waals surface area contributed by atoms with Gasteiger partial charge < -0.3 is 29.6 Å². The van der Waals surface area contributed by atoms with Crippen LogP contribution >= 0.6 is 0 Å². The highest BCUT2D eigenvalue weighted by Gasteiger charge is 2.51. The van der Waals surface area contributed by atoms with Crippen LogP contribution in [0.15, 0.2) is 43.0 Å². The Bertz CT molecular complexity index is 746. The van der Waals surface area contributed by atoms with E-state index in [0.717, 1.165) is 0 Å². The van der Waals surface area contributed by atoms with Crippen molar-refractivity contribution in [3.63, 3.8) is 0 Å². The van der Waals surface area contributed by atoms with Gasteiger partial charge in [-0.25, -0.2) is 9.59 Å². The minimum atomic E-state index is -1.99. The monoisotopic (exact) mass is 450 g/mol. The number of alkyl carbamates (subject to hydrolysis) is 1. The van der Waals surface area contributed by atoms with Crippen molar-refractivity contribution in [1.29, 1.82) is 0 Å². The van der Waals surface area contributed by atoms with Crippen LogP contribution in [0.5, 0.6) is 0 Å². The van der Waals surface area contributed by atoms with Crippen molar-refractivity contribution in [2.24, 2.45) is 5.92 Å². The Morgan fingerprint density at radius 1 is 1.06 bits per heavy atom. The Labute approximate surface area is 189 Å². The summed E-state index contributed by atoms with van der Waals surface area (Å²) in [7, 11) is 1.24. The summed E-state index contributed by atoms with van der Waals surface area (Å²) in [5, 5.41) is 5.34. The molecule has 2 N–H and O–H groups in total. The predicted molar refractivity (Wildman–Crippen MR) is 119 cm³/mol. The molecule has 0 bridgehead atoms. The van der Waals surface area contributed by atoms with Crippen molar-refractivity contribution >= 4 is 18.0 Å². The van der Waals surface area contributed by atoms with Gasteiger partial charge in [0.05, 0.1) is 7.11 Å². The van der Waals surface area contributed by atoms with Crippen molar-refractivity contribution < 1.29 is 33.3 Å². The number of hydrogen-bond donors (Lipinski definition) is 2. The van der Waals surface area contributed by atoms with Crippen LogP contribution in [0, 0.1) is 5.92 Å². The molecule has 0 aromatic heterocycles. The Hall–Kier alpha value is -2.91. The molecular weight excluding hydrogens is 416 g/mol. The van der Waals surface area contributed by atoms with E-state index in [1.54, 1.807) is 58.0 Å². The molecule has 2 atom stereocenters. The van der Waals surface area contributed by atoms with Gasteiger partial charge in [0.25, 0.3) is 11.7 Å². The molecule has 1 rings (SSSR count). The SMILES string of the molecule is C=CCOC(=O)NC(c1ccccc1)C(OCC)(OCC)C(=O)N[C@H](C(=O)OC)C(C)C. The number of methoxy groups -OCH3 is 1. The van der Waals surface area contributed by atoms with Crippen molar-refractivity contribution in [2.45, 2.75) is 45.6 Å². The van der Waals surface area contributed by atoms with Crippen LogP contribution in [0.3, 0.4) is 0 Å². The predicted octanol–water partition coefficient (Wildman–Crippen LogP) is 2.72. The molecule has 0 aliphatic heterocycles. The third-order valence-corrected chi connectivity index (χ3v) is 4.55. The maximum Gasteiger partial charge on any atom is 0.408 e. The van der Waals surface area contributed by atoms with E-state index < -0.39 is 35.8 Å². The van der Waals surface area contributed by atoms with Gasteiger partial charge in [0.2, 0.25) is 0 Å². The average molecular weight is 451 g/mol. The molecule has 32 heavy (non-hydrogen) atoms. The van der Waals surface area contributed by atoms with Gasteiger partial charge in [-0.15, -0.1) is 0 Å². The highest BCUT2D eigenvalue weighted by Crippen LogP contribution is 2.32. The molecule has 1 unspecified atom stereocenters. The summed E-state index contributed by atoms with van der Waals surface area (Å²) in [5.41, 5.74) is 0.541. The molecule has 0 saturated heterocycles. The summed E-state index contributed by atoms with van der Waals surface area (Å²) < 4.78 is 21.6. The van der Waals surface area contributed by atoms with Crippen molar-refractivity contribution in [2.75, 3.05) is 26.9 Å². The van der Waals surface area contributed by atoms with Crippen LogP contribution in [0.2, 0.25) is 0 Å². The molecule has 1 aromatic carbocycles. The number of nitrogens with one attached hydrogen (secondary N) is 2. The largest absolute Gasteiger partial charge is 0.467 e. The van der Waals surface area contributed by atoms with Gasteiger partial charge in [-0.1, -0.05) is 56.8 Å². The zero-order valence-corrected chi connectivity index (χ0v) is 19.4. The first-order chi connectivity index (χ1) is 15.3. The van der Waals surface area contributed by atoms with E-state index >= 15 is 0 Å². The minimum absolute atomic E-state index is 0.0203. The van der Waals surface area contributed by atoms with Crippen molar-refractivity contribution in [3.8, 4) is 0 Å². The number of esters is 1. The number of carbonyl (C=O) groups is 3. The molecule has 1 aromatic rings. The Balaban J connectivity index is 3.51. The molecule has 0 aliphatic carbocycles. The second-order valence-corrected chi connectivity index (χ2v) is 7.13. The highest BCUT2D eigenvalue weighted by atomic mass is 16.7. The highest BCUT2D eigenvalue weighted by molar-refractivity contribution is 5.90. The van der Waals surface area contributed by atoms with Crippen molar-refractivity contribution in [3.05, 3.63) is 48.6 Å². The Kier molecular flexibility index (Phi) is 11.4. The van der Waals surface area contributed by atoms with Crippen LogP contribution in [0.25, 0.3) is 0 Å². The lowest BCUT2D eigenvalue weighted by molar-refractivity contribution is -0.242. The number of benzene rings is 1. The smallest absolute Gasteiger partial charge is 0.408 e. The lowest BCUT2D eigenvalue weighted by atomic mass is 9.95. The summed E-state index contributed by atoms with van der Waals surface area (Å²) >= 11 is 0. The molecule has 178 valence electrons. The van der Waals surface area contributed by atoms with Crippen LogP contribution in [-0.4, -0.2) is 56.7 Å². The van der Waals surface area contributed by atoms with E-state index in [9.17, 15) is 14.4 Å². The molecule has 9 nitrogen and oxygen atoms in total. The van der Waals surface area contributed by atoms with E-state index in [1.165, 1.54) is 13.2 Å². The Morgan fingerprint density at radius 2 is 1.66 bits per heavy atom. The van der Waals surface area contributed by atoms with E-state index in [-0.39, 0.29) is 25.7 Å². The molecule has 0 fully saturated rings. The van der Waals surface area contributed by atoms with E-state index in [0.29, 0.717) is 5.56 Å². The van der Waals surface area contributed by atoms with Gasteiger partial charge in [0.15, 0.2) is 0 Å². The third-order valence-electron chi connectivity index (χ3n) is 4.55. The average Bonchev–Trinajstić information content (AvgIpc) is 2.79. The fourth-order valence-electron chi connectivity index (χ4n) is 3.10. The van der Waals surface area contributed by atoms with Gasteiger partial charge in [-0.2, -0.15) is 0 Å². The van der Waals surface area contributed by atoms with Crippen LogP contribution in [0.4, 0.5) is 4.79 Å². The summed E-state index contributed by atoms with van der Waals surface area (Å²) in [6, 6.07) is 6.71. The fourth-order valence-corrected chi connectivity index (χ4v) is 3.10. The number of ether oxygens (including phenoxy) is 4. The van der Waals surface area contributed by atoms with Gasteiger partial charge in [-0.05, 0) is 25.3 Å². The van der Waals surface area contributed by atoms with Gasteiger partial charge in [-0.3, -0.25) is 4.79 Å². The lowest BCUT2D eigenvalue weighted by Gasteiger charge is -2.39. The molecule has 0 radical (unpaired) electrons. The summed E-state index contributed by atoms with van der Waals surface area (Å²) in [6.07, 6.45) is 0.634. The van der Waals surface area contributed by atoms with Gasteiger partial charge >= 0.3 is 12.1 Å². The number of carbonyl (C=O) groups excluding carboxylic acids is 3. The number of amides is 2. The number of hydrogen-bond acceptors (Lipinski definition) is 7. The Morgan fingerprint density at radius 3 is 2.12 bits per heavy atom. The molecule has 2 amide bonds. The first kappa shape index (κ1) is 27.1. The number of rotatable bonds is 13. The molecular formula is C23H34N2O7. The van der Waals surface area contributed by atoms with E-state index in [4.69, 9.17) is 18.9 Å². The maximum absolute atomic E-state index is 13.6. The first-order valence-corrected chi connectivity index (χ1v) is 10.5. The zero-order chi connectivity index (χ0) is 24.1. The van der Waals surface area contributed by atoms with Crippen LogP contribution < -0.4 is 10.6 Å². The zero-order valence-electron chi connectivity index (χ0n) is 19.4. The molecule has 0 heterocycles. The van der Waals surface area contributed by atoms with Crippen molar-refractivity contribution in [1.82, 2.24) is 10.6 Å². The molecule has 0 aliphatic rings. The van der Waals surface area contributed by atoms with Gasteiger partial charge in [0, 0.05) is 13.2 Å². The van der Waals surface area contributed by atoms with Crippen LogP contribution in [0.1, 0.15) is 39.3 Å². The molecule has 0 spiro atoms. The second-order valence-electron chi connectivity index (χ2n) is 7.13. The summed E-state index contributed by atoms with van der Waals surface area (Å²) in [6.45, 7) is 10.6. The standard InChI is InChI=1S/C23H34N2O7/c1-7-15-30-22(28)25-19(17-13-11-10-12-14-17)23(31-8-2,32-9-3)21(27)24-18(16(4)5)20(26)29-6/h7,10-14,16,18-19H,1,8-9,15H2,2-6H3,(H,24,27)(H,25,28)/t18-,19?/m0/s1. The van der Waals surface area contributed by atoms with E-state index in [2.05, 4.69) is 17.2 Å². The lowest BCUT2D eigenvalue weighted by Crippen LogP contribution is -2.62. The normalized spacial score (nSPS) is 13.1.